The fraction of sp³-hybridized carbons (Fsp3) is 0.300. The smallest absolute Gasteiger partial charge is 0.340 e. The number of carboxylic acids is 1. The standard InChI is InChI=1S/C10H13N5O4S/c1-3-7-8(5-15(2)13-7)14-20(18,19)9-6(10(16)17)4-11-12-9/h4-5,14H,3H2,1-2H3,(H,11,12)(H,16,17). The molecular weight excluding hydrogens is 286 g/mol. The summed E-state index contributed by atoms with van der Waals surface area (Å²) in [5.41, 5.74) is 0.452. The molecule has 0 aliphatic rings. The summed E-state index contributed by atoms with van der Waals surface area (Å²) in [7, 11) is -2.40. The Morgan fingerprint density at radius 2 is 2.25 bits per heavy atom. The maximum atomic E-state index is 12.2. The van der Waals surface area contributed by atoms with E-state index in [9.17, 15) is 13.2 Å². The topological polar surface area (TPSA) is 130 Å². The molecule has 0 amide bonds. The van der Waals surface area contributed by atoms with Crippen LogP contribution in [-0.2, 0) is 23.5 Å². The fourth-order valence-corrected chi connectivity index (χ4v) is 2.87. The first kappa shape index (κ1) is 14.1. The molecule has 0 atom stereocenters. The molecule has 0 aromatic carbocycles. The van der Waals surface area contributed by atoms with E-state index in [0.29, 0.717) is 17.8 Å². The molecule has 2 heterocycles. The number of H-pyrrole nitrogens is 1. The molecule has 0 aliphatic heterocycles. The quantitative estimate of drug-likeness (QED) is 0.723. The van der Waals surface area contributed by atoms with Crippen molar-refractivity contribution in [3.8, 4) is 0 Å². The molecule has 2 rings (SSSR count). The number of aromatic nitrogens is 4. The van der Waals surface area contributed by atoms with Crippen LogP contribution in [0.25, 0.3) is 0 Å². The Morgan fingerprint density at radius 3 is 2.85 bits per heavy atom. The number of rotatable bonds is 5. The van der Waals surface area contributed by atoms with Crippen LogP contribution < -0.4 is 4.72 Å². The van der Waals surface area contributed by atoms with Crippen LogP contribution >= 0.6 is 0 Å². The van der Waals surface area contributed by atoms with Gasteiger partial charge in [0.25, 0.3) is 10.0 Å². The van der Waals surface area contributed by atoms with E-state index in [1.54, 1.807) is 7.05 Å². The molecule has 20 heavy (non-hydrogen) atoms. The van der Waals surface area contributed by atoms with Crippen LogP contribution in [-0.4, -0.2) is 39.5 Å². The Labute approximate surface area is 114 Å². The zero-order chi connectivity index (χ0) is 14.9. The van der Waals surface area contributed by atoms with E-state index in [0.717, 1.165) is 6.20 Å². The van der Waals surface area contributed by atoms with Crippen molar-refractivity contribution in [2.24, 2.45) is 7.05 Å². The van der Waals surface area contributed by atoms with Gasteiger partial charge in [-0.1, -0.05) is 6.92 Å². The molecule has 0 fully saturated rings. The van der Waals surface area contributed by atoms with Gasteiger partial charge in [0.15, 0.2) is 5.03 Å². The number of anilines is 1. The lowest BCUT2D eigenvalue weighted by molar-refractivity contribution is 0.0692. The Balaban J connectivity index is 2.41. The first-order valence-corrected chi connectivity index (χ1v) is 7.15. The summed E-state index contributed by atoms with van der Waals surface area (Å²) < 4.78 is 28.1. The van der Waals surface area contributed by atoms with E-state index < -0.39 is 26.6 Å². The van der Waals surface area contributed by atoms with Gasteiger partial charge >= 0.3 is 5.97 Å². The molecule has 0 saturated heterocycles. The van der Waals surface area contributed by atoms with Crippen molar-refractivity contribution in [2.45, 2.75) is 18.4 Å². The zero-order valence-corrected chi connectivity index (χ0v) is 11.6. The molecule has 0 spiro atoms. The lowest BCUT2D eigenvalue weighted by Crippen LogP contribution is -2.17. The van der Waals surface area contributed by atoms with Gasteiger partial charge in [-0.2, -0.15) is 18.6 Å². The summed E-state index contributed by atoms with van der Waals surface area (Å²) in [5, 5.41) is 18.2. The van der Waals surface area contributed by atoms with Crippen LogP contribution in [0.3, 0.4) is 0 Å². The monoisotopic (exact) mass is 299 g/mol. The van der Waals surface area contributed by atoms with Crippen LogP contribution in [0.4, 0.5) is 5.69 Å². The highest BCUT2D eigenvalue weighted by molar-refractivity contribution is 7.92. The summed E-state index contributed by atoms with van der Waals surface area (Å²) in [6.07, 6.45) is 2.99. The summed E-state index contributed by atoms with van der Waals surface area (Å²) >= 11 is 0. The van der Waals surface area contributed by atoms with E-state index in [1.165, 1.54) is 10.9 Å². The number of sulfonamides is 1. The molecule has 10 heteroatoms. The number of carboxylic acid groups (broad SMARTS) is 1. The van der Waals surface area contributed by atoms with Crippen molar-refractivity contribution in [3.05, 3.63) is 23.7 Å². The third kappa shape index (κ3) is 2.50. The second-order valence-electron chi connectivity index (χ2n) is 4.04. The molecule has 3 N–H and O–H groups in total. The van der Waals surface area contributed by atoms with Gasteiger partial charge in [0.05, 0.1) is 17.6 Å². The van der Waals surface area contributed by atoms with Crippen LogP contribution in [0.5, 0.6) is 0 Å². The van der Waals surface area contributed by atoms with E-state index in [4.69, 9.17) is 5.11 Å². The van der Waals surface area contributed by atoms with Crippen LogP contribution in [0.1, 0.15) is 23.0 Å². The second kappa shape index (κ2) is 4.96. The van der Waals surface area contributed by atoms with Crippen molar-refractivity contribution in [1.29, 1.82) is 0 Å². The minimum atomic E-state index is -4.07. The van der Waals surface area contributed by atoms with Crippen molar-refractivity contribution in [1.82, 2.24) is 20.0 Å². The highest BCUT2D eigenvalue weighted by Crippen LogP contribution is 2.20. The lowest BCUT2D eigenvalue weighted by Gasteiger charge is -2.06. The molecule has 0 unspecified atom stereocenters. The number of carbonyl (C=O) groups is 1. The molecule has 108 valence electrons. The Morgan fingerprint density at radius 1 is 1.55 bits per heavy atom. The van der Waals surface area contributed by atoms with Gasteiger partial charge in [-0.15, -0.1) is 0 Å². The normalized spacial score (nSPS) is 11.5. The van der Waals surface area contributed by atoms with Crippen molar-refractivity contribution >= 4 is 21.7 Å². The van der Waals surface area contributed by atoms with Gasteiger partial charge < -0.3 is 5.11 Å². The Kier molecular flexibility index (Phi) is 3.49. The number of aromatic carboxylic acids is 1. The number of nitrogens with zero attached hydrogens (tertiary/aromatic N) is 3. The number of hydrogen-bond donors (Lipinski definition) is 3. The Bertz CT molecular complexity index is 746. The molecule has 9 nitrogen and oxygen atoms in total. The molecule has 0 saturated carbocycles. The van der Waals surface area contributed by atoms with Gasteiger partial charge in [0.1, 0.15) is 5.56 Å². The van der Waals surface area contributed by atoms with Gasteiger partial charge in [-0.05, 0) is 6.42 Å². The molecule has 0 radical (unpaired) electrons. The molecule has 0 bridgehead atoms. The fourth-order valence-electron chi connectivity index (χ4n) is 1.71. The summed E-state index contributed by atoms with van der Waals surface area (Å²) in [6.45, 7) is 1.83. The number of nitrogens with one attached hydrogen (secondary N) is 2. The van der Waals surface area contributed by atoms with E-state index >= 15 is 0 Å². The predicted molar refractivity (Wildman–Crippen MR) is 68.9 cm³/mol. The Hall–Kier alpha value is -2.36. The largest absolute Gasteiger partial charge is 0.478 e. The molecule has 2 aromatic rings. The molecule has 2 aromatic heterocycles. The van der Waals surface area contributed by atoms with Crippen molar-refractivity contribution < 1.29 is 18.3 Å². The van der Waals surface area contributed by atoms with E-state index in [-0.39, 0.29) is 0 Å². The average molecular weight is 299 g/mol. The van der Waals surface area contributed by atoms with Crippen LogP contribution in [0.15, 0.2) is 17.4 Å². The van der Waals surface area contributed by atoms with Gasteiger partial charge in [-0.25, -0.2) is 4.79 Å². The van der Waals surface area contributed by atoms with Crippen molar-refractivity contribution in [3.63, 3.8) is 0 Å². The second-order valence-corrected chi connectivity index (χ2v) is 5.66. The number of aromatic amines is 1. The SMILES string of the molecule is CCc1nn(C)cc1NS(=O)(=O)c1[nH]ncc1C(=O)O. The third-order valence-corrected chi connectivity index (χ3v) is 3.93. The van der Waals surface area contributed by atoms with Crippen LogP contribution in [0, 0.1) is 0 Å². The molecular formula is C10H13N5O4S. The first-order valence-electron chi connectivity index (χ1n) is 5.67. The molecule has 0 aliphatic carbocycles. The van der Waals surface area contributed by atoms with Gasteiger partial charge in [0.2, 0.25) is 0 Å². The number of aryl methyl sites for hydroxylation is 2. The summed E-state index contributed by atoms with van der Waals surface area (Å²) in [4.78, 5) is 10.9. The predicted octanol–water partition coefficient (Wildman–Crippen LogP) is 0.205. The highest BCUT2D eigenvalue weighted by atomic mass is 32.2. The average Bonchev–Trinajstić information content (AvgIpc) is 2.95. The lowest BCUT2D eigenvalue weighted by atomic mass is 10.3. The summed E-state index contributed by atoms with van der Waals surface area (Å²) in [6, 6.07) is 0. The first-order chi connectivity index (χ1) is 9.35. The van der Waals surface area contributed by atoms with Crippen molar-refractivity contribution in [2.75, 3.05) is 4.72 Å². The maximum absolute atomic E-state index is 12.2. The van der Waals surface area contributed by atoms with E-state index in [1.807, 2.05) is 6.92 Å². The highest BCUT2D eigenvalue weighted by Gasteiger charge is 2.26. The van der Waals surface area contributed by atoms with Gasteiger partial charge in [0, 0.05) is 13.2 Å². The maximum Gasteiger partial charge on any atom is 0.340 e. The van der Waals surface area contributed by atoms with Crippen LogP contribution in [0.2, 0.25) is 0 Å². The number of hydrogen-bond acceptors (Lipinski definition) is 5. The van der Waals surface area contributed by atoms with Gasteiger partial charge in [-0.3, -0.25) is 14.5 Å². The summed E-state index contributed by atoms with van der Waals surface area (Å²) in [5.74, 6) is -1.37. The minimum absolute atomic E-state index is 0.306. The third-order valence-electron chi connectivity index (χ3n) is 2.59. The zero-order valence-electron chi connectivity index (χ0n) is 10.8. The minimum Gasteiger partial charge on any atom is -0.478 e. The van der Waals surface area contributed by atoms with E-state index in [2.05, 4.69) is 20.0 Å².